The molecule has 0 rings (SSSR count). The number of alkyl carbamates (subject to hydrolysis) is 1. The van der Waals surface area contributed by atoms with Gasteiger partial charge in [-0.25, -0.2) is 4.79 Å². The minimum Gasteiger partial charge on any atom is -0.447 e. The second kappa shape index (κ2) is 12.1. The lowest BCUT2D eigenvalue weighted by atomic mass is 10.2. The standard InChI is InChI=1S/C9H18N2O5.C2H6/c1-6(3-8(14)10-2)11-9(15)16-5-7(13)4-12;1-2/h6-7,12-13H,3-5H2,1-2H3,(H,10,14)(H,11,15);1-2H3. The number of amides is 2. The average molecular weight is 264 g/mol. The summed E-state index contributed by atoms with van der Waals surface area (Å²) in [4.78, 5) is 22.0. The van der Waals surface area contributed by atoms with Crippen LogP contribution in [0.2, 0.25) is 0 Å². The topological polar surface area (TPSA) is 108 Å². The van der Waals surface area contributed by atoms with Gasteiger partial charge < -0.3 is 25.6 Å². The van der Waals surface area contributed by atoms with Crippen LogP contribution in [-0.4, -0.2) is 54.6 Å². The smallest absolute Gasteiger partial charge is 0.407 e. The molecule has 0 aromatic heterocycles. The number of ether oxygens (including phenoxy) is 1. The van der Waals surface area contributed by atoms with Crippen molar-refractivity contribution >= 4 is 12.0 Å². The van der Waals surface area contributed by atoms with Gasteiger partial charge in [-0.15, -0.1) is 0 Å². The largest absolute Gasteiger partial charge is 0.447 e. The molecule has 0 aromatic carbocycles. The quantitative estimate of drug-likeness (QED) is 0.523. The summed E-state index contributed by atoms with van der Waals surface area (Å²) in [7, 11) is 1.50. The molecule has 0 aliphatic rings. The number of carbonyl (C=O) groups excluding carboxylic acids is 2. The van der Waals surface area contributed by atoms with Crippen LogP contribution in [0.3, 0.4) is 0 Å². The van der Waals surface area contributed by atoms with Crippen molar-refractivity contribution < 1.29 is 24.5 Å². The molecule has 7 heteroatoms. The van der Waals surface area contributed by atoms with Crippen LogP contribution >= 0.6 is 0 Å². The van der Waals surface area contributed by atoms with Gasteiger partial charge in [0, 0.05) is 19.5 Å². The maximum atomic E-state index is 11.1. The molecule has 0 heterocycles. The first kappa shape index (κ1) is 19.0. The van der Waals surface area contributed by atoms with Crippen LogP contribution in [0, 0.1) is 0 Å². The number of nitrogens with one attached hydrogen (secondary N) is 2. The number of rotatable bonds is 6. The van der Waals surface area contributed by atoms with E-state index in [1.807, 2.05) is 13.8 Å². The fourth-order valence-electron chi connectivity index (χ4n) is 0.899. The molecule has 0 aliphatic carbocycles. The Morgan fingerprint density at radius 3 is 2.33 bits per heavy atom. The molecule has 2 amide bonds. The van der Waals surface area contributed by atoms with Gasteiger partial charge in [-0.2, -0.15) is 0 Å². The van der Waals surface area contributed by atoms with Gasteiger partial charge in [-0.1, -0.05) is 13.8 Å². The zero-order chi connectivity index (χ0) is 14.6. The van der Waals surface area contributed by atoms with Crippen molar-refractivity contribution in [2.45, 2.75) is 39.3 Å². The highest BCUT2D eigenvalue weighted by Gasteiger charge is 2.12. The van der Waals surface area contributed by atoms with Gasteiger partial charge in [0.15, 0.2) is 0 Å². The lowest BCUT2D eigenvalue weighted by Crippen LogP contribution is -2.38. The van der Waals surface area contributed by atoms with Crippen LogP contribution in [0.15, 0.2) is 0 Å². The van der Waals surface area contributed by atoms with E-state index in [-0.39, 0.29) is 25.0 Å². The van der Waals surface area contributed by atoms with E-state index in [1.54, 1.807) is 6.92 Å². The van der Waals surface area contributed by atoms with E-state index in [4.69, 9.17) is 10.2 Å². The number of aliphatic hydroxyl groups is 2. The number of hydrogen-bond donors (Lipinski definition) is 4. The van der Waals surface area contributed by atoms with Crippen molar-refractivity contribution in [3.8, 4) is 0 Å². The number of aliphatic hydroxyl groups excluding tert-OH is 2. The van der Waals surface area contributed by atoms with Crippen LogP contribution < -0.4 is 10.6 Å². The first-order chi connectivity index (χ1) is 8.49. The molecule has 2 unspecified atom stereocenters. The van der Waals surface area contributed by atoms with E-state index in [9.17, 15) is 9.59 Å². The molecule has 4 N–H and O–H groups in total. The first-order valence-electron chi connectivity index (χ1n) is 5.92. The Morgan fingerprint density at radius 1 is 1.33 bits per heavy atom. The molecule has 2 atom stereocenters. The van der Waals surface area contributed by atoms with Gasteiger partial charge in [0.05, 0.1) is 6.61 Å². The molecular formula is C11H24N2O5. The van der Waals surface area contributed by atoms with Gasteiger partial charge in [-0.05, 0) is 6.92 Å². The van der Waals surface area contributed by atoms with Crippen molar-refractivity contribution in [3.05, 3.63) is 0 Å². The summed E-state index contributed by atoms with van der Waals surface area (Å²) in [5.74, 6) is -0.191. The summed E-state index contributed by atoms with van der Waals surface area (Å²) < 4.78 is 4.59. The lowest BCUT2D eigenvalue weighted by Gasteiger charge is -2.14. The Kier molecular flexibility index (Phi) is 12.8. The summed E-state index contributed by atoms with van der Waals surface area (Å²) in [5, 5.41) is 22.2. The molecule has 0 saturated carbocycles. The fraction of sp³-hybridized carbons (Fsp3) is 0.818. The number of hydrogen-bond acceptors (Lipinski definition) is 5. The third kappa shape index (κ3) is 11.2. The maximum absolute atomic E-state index is 11.1. The Bertz CT molecular complexity index is 235. The summed E-state index contributed by atoms with van der Waals surface area (Å²) in [5.41, 5.74) is 0. The first-order valence-corrected chi connectivity index (χ1v) is 5.92. The third-order valence-corrected chi connectivity index (χ3v) is 1.75. The Morgan fingerprint density at radius 2 is 1.89 bits per heavy atom. The highest BCUT2D eigenvalue weighted by atomic mass is 16.6. The van der Waals surface area contributed by atoms with E-state index in [1.165, 1.54) is 7.05 Å². The minimum absolute atomic E-state index is 0.147. The third-order valence-electron chi connectivity index (χ3n) is 1.75. The maximum Gasteiger partial charge on any atom is 0.407 e. The molecule has 0 aliphatic heterocycles. The molecule has 0 bridgehead atoms. The average Bonchev–Trinajstić information content (AvgIpc) is 2.37. The monoisotopic (exact) mass is 264 g/mol. The molecule has 0 radical (unpaired) electrons. The minimum atomic E-state index is -1.08. The Balaban J connectivity index is 0. The number of carbonyl (C=O) groups is 2. The summed E-state index contributed by atoms with van der Waals surface area (Å²) in [6.07, 6.45) is -1.67. The zero-order valence-electron chi connectivity index (χ0n) is 11.4. The Hall–Kier alpha value is -1.34. The van der Waals surface area contributed by atoms with Crippen LogP contribution in [0.4, 0.5) is 4.79 Å². The normalized spacial score (nSPS) is 12.6. The fourth-order valence-corrected chi connectivity index (χ4v) is 0.899. The van der Waals surface area contributed by atoms with E-state index in [0.29, 0.717) is 0 Å². The molecular weight excluding hydrogens is 240 g/mol. The van der Waals surface area contributed by atoms with Crippen molar-refractivity contribution in [3.63, 3.8) is 0 Å². The molecule has 18 heavy (non-hydrogen) atoms. The van der Waals surface area contributed by atoms with Crippen molar-refractivity contribution in [2.75, 3.05) is 20.3 Å². The van der Waals surface area contributed by atoms with Crippen molar-refractivity contribution in [2.24, 2.45) is 0 Å². The van der Waals surface area contributed by atoms with Crippen LogP contribution in [0.5, 0.6) is 0 Å². The molecule has 0 saturated heterocycles. The molecule has 0 aromatic rings. The molecule has 108 valence electrons. The zero-order valence-corrected chi connectivity index (χ0v) is 11.4. The van der Waals surface area contributed by atoms with Crippen molar-refractivity contribution in [1.82, 2.24) is 10.6 Å². The van der Waals surface area contributed by atoms with Crippen LogP contribution in [0.25, 0.3) is 0 Å². The predicted octanol–water partition coefficient (Wildman–Crippen LogP) is -0.383. The summed E-state index contributed by atoms with van der Waals surface area (Å²) in [6, 6.07) is -0.362. The summed E-state index contributed by atoms with van der Waals surface area (Å²) in [6.45, 7) is 4.90. The molecule has 7 nitrogen and oxygen atoms in total. The van der Waals surface area contributed by atoms with E-state index < -0.39 is 18.8 Å². The lowest BCUT2D eigenvalue weighted by molar-refractivity contribution is -0.120. The Labute approximate surface area is 108 Å². The van der Waals surface area contributed by atoms with Crippen molar-refractivity contribution in [1.29, 1.82) is 0 Å². The van der Waals surface area contributed by atoms with E-state index in [2.05, 4.69) is 15.4 Å². The second-order valence-corrected chi connectivity index (χ2v) is 3.36. The molecule has 0 spiro atoms. The van der Waals surface area contributed by atoms with Gasteiger partial charge >= 0.3 is 6.09 Å². The van der Waals surface area contributed by atoms with E-state index >= 15 is 0 Å². The van der Waals surface area contributed by atoms with Gasteiger partial charge in [0.25, 0.3) is 0 Å². The summed E-state index contributed by atoms with van der Waals surface area (Å²) >= 11 is 0. The van der Waals surface area contributed by atoms with Crippen LogP contribution in [0.1, 0.15) is 27.2 Å². The van der Waals surface area contributed by atoms with Gasteiger partial charge in [-0.3, -0.25) is 4.79 Å². The molecule has 0 fully saturated rings. The van der Waals surface area contributed by atoms with E-state index in [0.717, 1.165) is 0 Å². The van der Waals surface area contributed by atoms with Gasteiger partial charge in [0.1, 0.15) is 12.7 Å². The van der Waals surface area contributed by atoms with Gasteiger partial charge in [0.2, 0.25) is 5.91 Å². The highest BCUT2D eigenvalue weighted by molar-refractivity contribution is 5.77. The predicted molar refractivity (Wildman–Crippen MR) is 67.1 cm³/mol. The SMILES string of the molecule is CC.CNC(=O)CC(C)NC(=O)OCC(O)CO. The highest BCUT2D eigenvalue weighted by Crippen LogP contribution is 1.92. The second-order valence-electron chi connectivity index (χ2n) is 3.36. The van der Waals surface area contributed by atoms with Crippen LogP contribution in [-0.2, 0) is 9.53 Å².